The molecule has 1 saturated heterocycles. The molecule has 0 atom stereocenters. The van der Waals surface area contributed by atoms with Crippen LogP contribution in [-0.4, -0.2) is 39.6 Å². The van der Waals surface area contributed by atoms with E-state index >= 15 is 0 Å². The Hall–Kier alpha value is -3.83. The number of benzene rings is 4. The van der Waals surface area contributed by atoms with Crippen molar-refractivity contribution in [2.45, 2.75) is 6.61 Å². The molecule has 34 heavy (non-hydrogen) atoms. The highest BCUT2D eigenvalue weighted by atomic mass is 16.5. The lowest BCUT2D eigenvalue weighted by molar-refractivity contribution is 0.122. The fraction of sp³-hybridized carbons (Fsp3) is 0.207. The molecule has 0 radical (unpaired) electrons. The van der Waals surface area contributed by atoms with E-state index in [-0.39, 0.29) is 0 Å². The van der Waals surface area contributed by atoms with Gasteiger partial charge >= 0.3 is 0 Å². The Balaban J connectivity index is 1.26. The van der Waals surface area contributed by atoms with Crippen LogP contribution in [0, 0.1) is 0 Å². The van der Waals surface area contributed by atoms with Gasteiger partial charge in [0.15, 0.2) is 11.5 Å². The summed E-state index contributed by atoms with van der Waals surface area (Å²) in [6.07, 6.45) is 1.85. The number of methoxy groups -OCH3 is 1. The van der Waals surface area contributed by atoms with E-state index in [2.05, 4.69) is 64.5 Å². The van der Waals surface area contributed by atoms with Gasteiger partial charge < -0.3 is 19.1 Å². The molecule has 1 aliphatic heterocycles. The van der Waals surface area contributed by atoms with Crippen molar-refractivity contribution in [3.05, 3.63) is 96.1 Å². The summed E-state index contributed by atoms with van der Waals surface area (Å²) in [5.74, 6) is 1.40. The van der Waals surface area contributed by atoms with Gasteiger partial charge in [0, 0.05) is 25.0 Å². The molecular formula is C29H28N2O3. The van der Waals surface area contributed by atoms with E-state index in [0.29, 0.717) is 18.1 Å². The third-order valence-electron chi connectivity index (χ3n) is 6.04. The Morgan fingerprint density at radius 2 is 1.68 bits per heavy atom. The minimum atomic E-state index is 0.473. The highest BCUT2D eigenvalue weighted by Gasteiger charge is 2.11. The van der Waals surface area contributed by atoms with E-state index in [1.807, 2.05) is 36.5 Å². The minimum Gasteiger partial charge on any atom is -0.493 e. The van der Waals surface area contributed by atoms with Crippen molar-refractivity contribution in [1.82, 2.24) is 0 Å². The van der Waals surface area contributed by atoms with Crippen LogP contribution in [0.15, 0.2) is 89.9 Å². The fourth-order valence-corrected chi connectivity index (χ4v) is 4.18. The summed E-state index contributed by atoms with van der Waals surface area (Å²) >= 11 is 0. The Bertz CT molecular complexity index is 1270. The maximum Gasteiger partial charge on any atom is 0.161 e. The number of hydrogen-bond acceptors (Lipinski definition) is 5. The number of rotatable bonds is 7. The molecule has 5 nitrogen and oxygen atoms in total. The number of fused-ring (bicyclic) bond motifs is 1. The normalized spacial score (nSPS) is 14.0. The van der Waals surface area contributed by atoms with Gasteiger partial charge in [0.1, 0.15) is 6.61 Å². The zero-order valence-corrected chi connectivity index (χ0v) is 19.3. The molecule has 4 aromatic carbocycles. The van der Waals surface area contributed by atoms with Crippen LogP contribution in [0.3, 0.4) is 0 Å². The quantitative estimate of drug-likeness (QED) is 0.322. The molecule has 0 spiro atoms. The van der Waals surface area contributed by atoms with Gasteiger partial charge in [-0.1, -0.05) is 42.5 Å². The number of aliphatic imine (C=N–C) groups is 1. The molecule has 0 aromatic heterocycles. The van der Waals surface area contributed by atoms with E-state index in [1.54, 1.807) is 7.11 Å². The first kappa shape index (κ1) is 22.0. The van der Waals surface area contributed by atoms with Gasteiger partial charge in [-0.25, -0.2) is 0 Å². The molecule has 172 valence electrons. The van der Waals surface area contributed by atoms with Crippen molar-refractivity contribution in [3.8, 4) is 11.5 Å². The molecule has 5 rings (SSSR count). The lowest BCUT2D eigenvalue weighted by Gasteiger charge is -2.28. The first-order chi connectivity index (χ1) is 16.8. The lowest BCUT2D eigenvalue weighted by Crippen LogP contribution is -2.36. The van der Waals surface area contributed by atoms with Crippen molar-refractivity contribution in [2.75, 3.05) is 38.3 Å². The number of ether oxygens (including phenoxy) is 3. The van der Waals surface area contributed by atoms with Gasteiger partial charge in [-0.15, -0.1) is 0 Å². The van der Waals surface area contributed by atoms with Crippen molar-refractivity contribution in [1.29, 1.82) is 0 Å². The van der Waals surface area contributed by atoms with Crippen LogP contribution >= 0.6 is 0 Å². The predicted molar refractivity (Wildman–Crippen MR) is 138 cm³/mol. The molecule has 0 aliphatic carbocycles. The second-order valence-electron chi connectivity index (χ2n) is 8.21. The monoisotopic (exact) mass is 452 g/mol. The predicted octanol–water partition coefficient (Wildman–Crippen LogP) is 6.01. The summed E-state index contributed by atoms with van der Waals surface area (Å²) in [4.78, 5) is 6.96. The van der Waals surface area contributed by atoms with Crippen LogP contribution in [0.5, 0.6) is 11.5 Å². The van der Waals surface area contributed by atoms with E-state index in [1.165, 1.54) is 16.5 Å². The van der Waals surface area contributed by atoms with Crippen molar-refractivity contribution in [3.63, 3.8) is 0 Å². The van der Waals surface area contributed by atoms with E-state index in [0.717, 1.165) is 43.1 Å². The first-order valence-electron chi connectivity index (χ1n) is 11.5. The van der Waals surface area contributed by atoms with E-state index in [9.17, 15) is 0 Å². The molecule has 1 aliphatic rings. The maximum atomic E-state index is 6.13. The maximum absolute atomic E-state index is 6.13. The standard InChI is InChI=1S/C29H28N2O3/c1-32-29-19-22(20-30-25-10-12-26(13-11-25)31-15-17-33-18-16-31)9-14-28(29)34-21-24-7-4-6-23-5-2-3-8-27(23)24/h2-14,19-20H,15-18,21H2,1H3. The van der Waals surface area contributed by atoms with Gasteiger partial charge in [-0.3, -0.25) is 4.99 Å². The zero-order chi connectivity index (χ0) is 23.2. The average molecular weight is 453 g/mol. The van der Waals surface area contributed by atoms with Crippen LogP contribution in [0.25, 0.3) is 10.8 Å². The minimum absolute atomic E-state index is 0.473. The first-order valence-corrected chi connectivity index (χ1v) is 11.5. The molecule has 1 fully saturated rings. The van der Waals surface area contributed by atoms with Gasteiger partial charge in [0.05, 0.1) is 26.0 Å². The summed E-state index contributed by atoms with van der Waals surface area (Å²) in [5.41, 5.74) is 4.21. The Kier molecular flexibility index (Phi) is 6.73. The number of morpholine rings is 1. The largest absolute Gasteiger partial charge is 0.493 e. The van der Waals surface area contributed by atoms with Gasteiger partial charge in [-0.2, -0.15) is 0 Å². The topological polar surface area (TPSA) is 43.3 Å². The highest BCUT2D eigenvalue weighted by molar-refractivity contribution is 5.85. The molecule has 0 bridgehead atoms. The lowest BCUT2D eigenvalue weighted by atomic mass is 10.1. The number of hydrogen-bond donors (Lipinski definition) is 0. The van der Waals surface area contributed by atoms with Crippen molar-refractivity contribution in [2.24, 2.45) is 4.99 Å². The third-order valence-corrected chi connectivity index (χ3v) is 6.04. The molecule has 0 saturated carbocycles. The summed E-state index contributed by atoms with van der Waals surface area (Å²) < 4.78 is 17.2. The summed E-state index contributed by atoms with van der Waals surface area (Å²) in [7, 11) is 1.66. The molecular weight excluding hydrogens is 424 g/mol. The molecule has 4 aromatic rings. The number of nitrogens with zero attached hydrogens (tertiary/aromatic N) is 2. The summed E-state index contributed by atoms with van der Waals surface area (Å²) in [6, 6.07) is 28.8. The second-order valence-corrected chi connectivity index (χ2v) is 8.21. The van der Waals surface area contributed by atoms with Gasteiger partial charge in [0.25, 0.3) is 0 Å². The third kappa shape index (κ3) is 5.05. The Morgan fingerprint density at radius 3 is 2.50 bits per heavy atom. The molecule has 1 heterocycles. The van der Waals surface area contributed by atoms with Crippen LogP contribution in [0.4, 0.5) is 11.4 Å². The second kappa shape index (κ2) is 10.4. The Morgan fingerprint density at radius 1 is 0.882 bits per heavy atom. The van der Waals surface area contributed by atoms with Gasteiger partial charge in [-0.05, 0) is 64.4 Å². The van der Waals surface area contributed by atoms with Crippen LogP contribution < -0.4 is 14.4 Å². The number of anilines is 1. The van der Waals surface area contributed by atoms with Crippen LogP contribution in [0.1, 0.15) is 11.1 Å². The van der Waals surface area contributed by atoms with Crippen LogP contribution in [-0.2, 0) is 11.3 Å². The van der Waals surface area contributed by atoms with Gasteiger partial charge in [0.2, 0.25) is 0 Å². The Labute approximate surface area is 200 Å². The highest BCUT2D eigenvalue weighted by Crippen LogP contribution is 2.30. The summed E-state index contributed by atoms with van der Waals surface area (Å²) in [5, 5.41) is 2.41. The summed E-state index contributed by atoms with van der Waals surface area (Å²) in [6.45, 7) is 3.89. The van der Waals surface area contributed by atoms with Crippen LogP contribution in [0.2, 0.25) is 0 Å². The average Bonchev–Trinajstić information content (AvgIpc) is 2.91. The molecule has 0 N–H and O–H groups in total. The smallest absolute Gasteiger partial charge is 0.161 e. The zero-order valence-electron chi connectivity index (χ0n) is 19.3. The van der Waals surface area contributed by atoms with E-state index in [4.69, 9.17) is 14.2 Å². The molecule has 0 amide bonds. The molecule has 5 heteroatoms. The van der Waals surface area contributed by atoms with E-state index < -0.39 is 0 Å². The van der Waals surface area contributed by atoms with Crippen molar-refractivity contribution < 1.29 is 14.2 Å². The van der Waals surface area contributed by atoms with Crippen molar-refractivity contribution >= 4 is 28.4 Å². The molecule has 0 unspecified atom stereocenters. The SMILES string of the molecule is COc1cc(C=Nc2ccc(N3CCOCC3)cc2)ccc1OCc1cccc2ccccc12. The fourth-order valence-electron chi connectivity index (χ4n) is 4.18.